The summed E-state index contributed by atoms with van der Waals surface area (Å²) in [5.41, 5.74) is 5.88. The molecule has 7 heteroatoms. The van der Waals surface area contributed by atoms with E-state index in [4.69, 9.17) is 10.5 Å². The molecule has 1 aromatic rings. The van der Waals surface area contributed by atoms with Gasteiger partial charge in [-0.1, -0.05) is 6.07 Å². The van der Waals surface area contributed by atoms with Crippen molar-refractivity contribution in [3.8, 4) is 5.75 Å². The Labute approximate surface area is 122 Å². The molecular formula is C14H19N3O4. The Bertz CT molecular complexity index is 539. The van der Waals surface area contributed by atoms with Gasteiger partial charge in [-0.05, 0) is 25.8 Å². The highest BCUT2D eigenvalue weighted by molar-refractivity contribution is 5.98. The van der Waals surface area contributed by atoms with Crippen molar-refractivity contribution in [2.24, 2.45) is 5.73 Å². The van der Waals surface area contributed by atoms with Crippen molar-refractivity contribution in [1.29, 1.82) is 0 Å². The molecule has 21 heavy (non-hydrogen) atoms. The van der Waals surface area contributed by atoms with Crippen molar-refractivity contribution in [3.63, 3.8) is 0 Å². The molecule has 2 N–H and O–H groups in total. The molecule has 7 nitrogen and oxygen atoms in total. The summed E-state index contributed by atoms with van der Waals surface area (Å²) >= 11 is 0. The fourth-order valence-electron chi connectivity index (χ4n) is 2.41. The average molecular weight is 293 g/mol. The molecule has 0 bridgehead atoms. The molecule has 1 fully saturated rings. The number of para-hydroxylation sites is 1. The summed E-state index contributed by atoms with van der Waals surface area (Å²) in [6.07, 6.45) is 1.48. The zero-order valence-electron chi connectivity index (χ0n) is 11.9. The monoisotopic (exact) mass is 293 g/mol. The third-order valence-corrected chi connectivity index (χ3v) is 3.54. The molecule has 1 aromatic carbocycles. The van der Waals surface area contributed by atoms with Crippen LogP contribution < -0.4 is 10.5 Å². The summed E-state index contributed by atoms with van der Waals surface area (Å²) in [6.45, 7) is 3.11. The van der Waals surface area contributed by atoms with Gasteiger partial charge in [0.15, 0.2) is 0 Å². The first-order valence-corrected chi connectivity index (χ1v) is 6.99. The molecule has 0 aliphatic carbocycles. The van der Waals surface area contributed by atoms with E-state index in [2.05, 4.69) is 0 Å². The van der Waals surface area contributed by atoms with Gasteiger partial charge in [0, 0.05) is 25.2 Å². The molecule has 2 rings (SSSR count). The number of likely N-dealkylation sites (tertiary alicyclic amines) is 1. The van der Waals surface area contributed by atoms with Crippen LogP contribution >= 0.6 is 0 Å². The van der Waals surface area contributed by atoms with E-state index in [1.807, 2.05) is 0 Å². The maximum absolute atomic E-state index is 12.6. The number of hydrogen-bond donors (Lipinski definition) is 1. The molecule has 0 aromatic heterocycles. The second-order valence-corrected chi connectivity index (χ2v) is 4.97. The molecular weight excluding hydrogens is 274 g/mol. The Hall–Kier alpha value is -2.15. The SMILES string of the molecule is CCOc1c(C(=O)N2CCC(N)CC2)cccc1[N+](=O)[O-]. The molecule has 0 spiro atoms. The standard InChI is InChI=1S/C14H19N3O4/c1-2-21-13-11(4-3-5-12(13)17(19)20)14(18)16-8-6-10(15)7-9-16/h3-5,10H,2,6-9,15H2,1H3. The van der Waals surface area contributed by atoms with Crippen molar-refractivity contribution in [1.82, 2.24) is 4.90 Å². The van der Waals surface area contributed by atoms with E-state index in [0.717, 1.165) is 12.8 Å². The number of nitro benzene ring substituents is 1. The normalized spacial score (nSPS) is 15.8. The van der Waals surface area contributed by atoms with E-state index < -0.39 is 4.92 Å². The molecule has 0 atom stereocenters. The van der Waals surface area contributed by atoms with Gasteiger partial charge in [-0.15, -0.1) is 0 Å². The van der Waals surface area contributed by atoms with Crippen LogP contribution in [0.5, 0.6) is 5.75 Å². The van der Waals surface area contributed by atoms with Crippen LogP contribution in [0, 0.1) is 10.1 Å². The fraction of sp³-hybridized carbons (Fsp3) is 0.500. The van der Waals surface area contributed by atoms with Crippen molar-refractivity contribution >= 4 is 11.6 Å². The summed E-state index contributed by atoms with van der Waals surface area (Å²) in [5.74, 6) is -0.195. The molecule has 1 aliphatic heterocycles. The van der Waals surface area contributed by atoms with Gasteiger partial charge in [0.1, 0.15) is 0 Å². The minimum absolute atomic E-state index is 0.0462. The number of benzene rings is 1. The lowest BCUT2D eigenvalue weighted by Gasteiger charge is -2.30. The van der Waals surface area contributed by atoms with Crippen molar-refractivity contribution in [2.45, 2.75) is 25.8 Å². The fourth-order valence-corrected chi connectivity index (χ4v) is 2.41. The maximum Gasteiger partial charge on any atom is 0.311 e. The Morgan fingerprint density at radius 2 is 2.14 bits per heavy atom. The van der Waals surface area contributed by atoms with Crippen LogP contribution in [0.2, 0.25) is 0 Å². The molecule has 0 saturated carbocycles. The number of nitrogens with zero attached hydrogens (tertiary/aromatic N) is 2. The lowest BCUT2D eigenvalue weighted by Crippen LogP contribution is -2.43. The number of hydrogen-bond acceptors (Lipinski definition) is 5. The van der Waals surface area contributed by atoms with E-state index in [0.29, 0.717) is 13.1 Å². The van der Waals surface area contributed by atoms with Gasteiger partial charge in [0.2, 0.25) is 5.75 Å². The predicted molar refractivity (Wildman–Crippen MR) is 77.4 cm³/mol. The maximum atomic E-state index is 12.6. The first-order chi connectivity index (χ1) is 10.0. The zero-order valence-corrected chi connectivity index (χ0v) is 11.9. The highest BCUT2D eigenvalue weighted by atomic mass is 16.6. The first-order valence-electron chi connectivity index (χ1n) is 6.99. The van der Waals surface area contributed by atoms with Gasteiger partial charge in [-0.25, -0.2) is 0 Å². The second-order valence-electron chi connectivity index (χ2n) is 4.97. The molecule has 0 unspecified atom stereocenters. The summed E-state index contributed by atoms with van der Waals surface area (Å²) < 4.78 is 5.35. The summed E-state index contributed by atoms with van der Waals surface area (Å²) in [6, 6.07) is 4.53. The number of nitrogens with two attached hydrogens (primary N) is 1. The van der Waals surface area contributed by atoms with E-state index in [1.54, 1.807) is 17.9 Å². The summed E-state index contributed by atoms with van der Waals surface area (Å²) in [4.78, 5) is 24.8. The molecule has 1 heterocycles. The van der Waals surface area contributed by atoms with E-state index >= 15 is 0 Å². The topological polar surface area (TPSA) is 98.7 Å². The number of rotatable bonds is 4. The Kier molecular flexibility index (Phi) is 4.74. The smallest absolute Gasteiger partial charge is 0.311 e. The van der Waals surface area contributed by atoms with Gasteiger partial charge in [0.25, 0.3) is 5.91 Å². The zero-order chi connectivity index (χ0) is 15.4. The number of amides is 1. The van der Waals surface area contributed by atoms with Crippen LogP contribution in [-0.2, 0) is 0 Å². The van der Waals surface area contributed by atoms with Crippen LogP contribution in [0.3, 0.4) is 0 Å². The van der Waals surface area contributed by atoms with E-state index in [1.165, 1.54) is 12.1 Å². The summed E-state index contributed by atoms with van der Waals surface area (Å²) in [7, 11) is 0. The average Bonchev–Trinajstić information content (AvgIpc) is 2.47. The van der Waals surface area contributed by atoms with E-state index in [-0.39, 0.29) is 35.6 Å². The highest BCUT2D eigenvalue weighted by Crippen LogP contribution is 2.32. The van der Waals surface area contributed by atoms with Crippen molar-refractivity contribution in [2.75, 3.05) is 19.7 Å². The van der Waals surface area contributed by atoms with Gasteiger partial charge in [0.05, 0.1) is 17.1 Å². The van der Waals surface area contributed by atoms with Crippen LogP contribution in [-0.4, -0.2) is 41.5 Å². The van der Waals surface area contributed by atoms with Gasteiger partial charge in [-0.2, -0.15) is 0 Å². The third kappa shape index (κ3) is 3.30. The second kappa shape index (κ2) is 6.53. The molecule has 1 saturated heterocycles. The Morgan fingerprint density at radius 3 is 2.71 bits per heavy atom. The molecule has 114 valence electrons. The Balaban J connectivity index is 2.31. The van der Waals surface area contributed by atoms with Gasteiger partial charge in [-0.3, -0.25) is 14.9 Å². The van der Waals surface area contributed by atoms with Crippen LogP contribution in [0.1, 0.15) is 30.1 Å². The lowest BCUT2D eigenvalue weighted by atomic mass is 10.0. The van der Waals surface area contributed by atoms with Crippen molar-refractivity contribution < 1.29 is 14.5 Å². The first kappa shape index (κ1) is 15.2. The van der Waals surface area contributed by atoms with Crippen LogP contribution in [0.4, 0.5) is 5.69 Å². The number of nitro groups is 1. The number of carbonyl (C=O) groups is 1. The molecule has 1 amide bonds. The Morgan fingerprint density at radius 1 is 1.48 bits per heavy atom. The van der Waals surface area contributed by atoms with Gasteiger partial charge >= 0.3 is 5.69 Å². The minimum Gasteiger partial charge on any atom is -0.487 e. The van der Waals surface area contributed by atoms with E-state index in [9.17, 15) is 14.9 Å². The predicted octanol–water partition coefficient (Wildman–Crippen LogP) is 1.56. The lowest BCUT2D eigenvalue weighted by molar-refractivity contribution is -0.385. The summed E-state index contributed by atoms with van der Waals surface area (Å²) in [5, 5.41) is 11.1. The van der Waals surface area contributed by atoms with Gasteiger partial charge < -0.3 is 15.4 Å². The number of ether oxygens (including phenoxy) is 1. The number of carbonyl (C=O) groups excluding carboxylic acids is 1. The van der Waals surface area contributed by atoms with Crippen molar-refractivity contribution in [3.05, 3.63) is 33.9 Å². The highest BCUT2D eigenvalue weighted by Gasteiger charge is 2.28. The quantitative estimate of drug-likeness (QED) is 0.671. The minimum atomic E-state index is -0.534. The van der Waals surface area contributed by atoms with Crippen LogP contribution in [0.15, 0.2) is 18.2 Å². The molecule has 0 radical (unpaired) electrons. The largest absolute Gasteiger partial charge is 0.487 e. The number of piperidine rings is 1. The van der Waals surface area contributed by atoms with Crippen LogP contribution in [0.25, 0.3) is 0 Å². The third-order valence-electron chi connectivity index (χ3n) is 3.54. The molecule has 1 aliphatic rings.